The van der Waals surface area contributed by atoms with Crippen molar-refractivity contribution in [2.24, 2.45) is 0 Å². The van der Waals surface area contributed by atoms with Crippen molar-refractivity contribution >= 4 is 38.3 Å². The molecule has 1 aromatic heterocycles. The first kappa shape index (κ1) is 16.1. The van der Waals surface area contributed by atoms with Crippen LogP contribution < -0.4 is 0 Å². The summed E-state index contributed by atoms with van der Waals surface area (Å²) in [5, 5.41) is 0.888. The molecule has 2 heterocycles. The molecule has 25 heavy (non-hydrogen) atoms. The minimum atomic E-state index is -0.239. The topological polar surface area (TPSA) is 36.1 Å². The monoisotopic (exact) mass is 398 g/mol. The van der Waals surface area contributed by atoms with Gasteiger partial charge in [0, 0.05) is 45.8 Å². The van der Waals surface area contributed by atoms with Crippen LogP contribution in [0, 0.1) is 5.82 Å². The molecule has 0 atom stereocenters. The molecule has 2 aromatic carbocycles. The van der Waals surface area contributed by atoms with E-state index in [0.29, 0.717) is 18.7 Å². The van der Waals surface area contributed by atoms with Crippen LogP contribution in [0.4, 0.5) is 4.39 Å². The molecule has 4 rings (SSSR count). The number of hydrogen-bond donors (Lipinski definition) is 1. The Morgan fingerprint density at radius 1 is 1.16 bits per heavy atom. The Balaban J connectivity index is 1.56. The molecule has 3 nitrogen and oxygen atoms in total. The van der Waals surface area contributed by atoms with Crippen molar-refractivity contribution in [3.63, 3.8) is 0 Å². The number of amides is 1. The van der Waals surface area contributed by atoms with Gasteiger partial charge >= 0.3 is 0 Å². The summed E-state index contributed by atoms with van der Waals surface area (Å²) in [5.74, 6) is -0.204. The van der Waals surface area contributed by atoms with Crippen LogP contribution in [0.5, 0.6) is 0 Å². The molecular formula is C20H16BrFN2O. The second-order valence-corrected chi connectivity index (χ2v) is 7.05. The lowest BCUT2D eigenvalue weighted by atomic mass is 9.98. The van der Waals surface area contributed by atoms with E-state index in [-0.39, 0.29) is 11.7 Å². The Kier molecular flexibility index (Phi) is 4.17. The molecule has 0 unspecified atom stereocenters. The minimum Gasteiger partial charge on any atom is -0.361 e. The molecule has 126 valence electrons. The van der Waals surface area contributed by atoms with E-state index in [1.165, 1.54) is 6.07 Å². The highest BCUT2D eigenvalue weighted by Gasteiger charge is 2.20. The maximum atomic E-state index is 13.6. The zero-order chi connectivity index (χ0) is 17.4. The molecule has 1 amide bonds. The van der Waals surface area contributed by atoms with Crippen molar-refractivity contribution in [3.05, 3.63) is 76.2 Å². The molecule has 0 spiro atoms. The van der Waals surface area contributed by atoms with E-state index in [1.807, 2.05) is 35.4 Å². The van der Waals surface area contributed by atoms with E-state index in [4.69, 9.17) is 0 Å². The molecular weight excluding hydrogens is 383 g/mol. The first-order chi connectivity index (χ1) is 12.1. The predicted molar refractivity (Wildman–Crippen MR) is 101 cm³/mol. The standard InChI is InChI=1S/C20H16BrFN2O/c21-15-3-1-14(2-4-15)20(25)24-9-7-13(8-10-24)18-12-23-19-6-5-16(22)11-17(18)19/h1-7,11-12,23H,8-10H2. The van der Waals surface area contributed by atoms with E-state index in [9.17, 15) is 9.18 Å². The Hall–Kier alpha value is -2.40. The van der Waals surface area contributed by atoms with Gasteiger partial charge in [0.2, 0.25) is 0 Å². The molecule has 0 saturated heterocycles. The van der Waals surface area contributed by atoms with Crippen LogP contribution in [0.15, 0.2) is 59.2 Å². The number of carbonyl (C=O) groups excluding carboxylic acids is 1. The highest BCUT2D eigenvalue weighted by atomic mass is 79.9. The van der Waals surface area contributed by atoms with Crippen molar-refractivity contribution in [1.82, 2.24) is 9.88 Å². The quantitative estimate of drug-likeness (QED) is 0.647. The number of H-pyrrole nitrogens is 1. The summed E-state index contributed by atoms with van der Waals surface area (Å²) in [6.45, 7) is 1.22. The number of aromatic nitrogens is 1. The highest BCUT2D eigenvalue weighted by molar-refractivity contribution is 9.10. The number of fused-ring (bicyclic) bond motifs is 1. The van der Waals surface area contributed by atoms with Gasteiger partial charge in [-0.2, -0.15) is 0 Å². The van der Waals surface area contributed by atoms with Crippen molar-refractivity contribution < 1.29 is 9.18 Å². The maximum Gasteiger partial charge on any atom is 0.254 e. The fourth-order valence-corrected chi connectivity index (χ4v) is 3.50. The molecule has 1 N–H and O–H groups in total. The third kappa shape index (κ3) is 3.12. The Morgan fingerprint density at radius 3 is 2.68 bits per heavy atom. The van der Waals surface area contributed by atoms with E-state index in [2.05, 4.69) is 27.0 Å². The van der Waals surface area contributed by atoms with Crippen LogP contribution in [-0.4, -0.2) is 28.9 Å². The van der Waals surface area contributed by atoms with Crippen LogP contribution in [0.1, 0.15) is 22.3 Å². The third-order valence-electron chi connectivity index (χ3n) is 4.58. The zero-order valence-corrected chi connectivity index (χ0v) is 15.0. The average molecular weight is 399 g/mol. The zero-order valence-electron chi connectivity index (χ0n) is 13.4. The molecule has 0 bridgehead atoms. The maximum absolute atomic E-state index is 13.6. The highest BCUT2D eigenvalue weighted by Crippen LogP contribution is 2.30. The molecule has 0 radical (unpaired) electrons. The predicted octanol–water partition coefficient (Wildman–Crippen LogP) is 5.00. The average Bonchev–Trinajstić information content (AvgIpc) is 3.05. The summed E-state index contributed by atoms with van der Waals surface area (Å²) in [6.07, 6.45) is 4.74. The van der Waals surface area contributed by atoms with E-state index in [1.54, 1.807) is 12.1 Å². The lowest BCUT2D eigenvalue weighted by molar-refractivity contribution is 0.0773. The number of hydrogen-bond acceptors (Lipinski definition) is 1. The number of halogens is 2. The number of nitrogens with one attached hydrogen (secondary N) is 1. The number of carbonyl (C=O) groups is 1. The van der Waals surface area contributed by atoms with Gasteiger partial charge in [0.05, 0.1) is 0 Å². The lowest BCUT2D eigenvalue weighted by Gasteiger charge is -2.26. The molecule has 1 aliphatic heterocycles. The number of benzene rings is 2. The van der Waals surface area contributed by atoms with Gasteiger partial charge in [0.15, 0.2) is 0 Å². The van der Waals surface area contributed by atoms with Gasteiger partial charge in [0.1, 0.15) is 5.82 Å². The first-order valence-corrected chi connectivity index (χ1v) is 8.92. The van der Waals surface area contributed by atoms with Gasteiger partial charge in [-0.25, -0.2) is 4.39 Å². The summed E-state index contributed by atoms with van der Waals surface area (Å²) >= 11 is 3.38. The molecule has 3 aromatic rings. The number of rotatable bonds is 2. The van der Waals surface area contributed by atoms with Crippen LogP contribution in [0.3, 0.4) is 0 Å². The summed E-state index contributed by atoms with van der Waals surface area (Å²) < 4.78 is 14.5. The Morgan fingerprint density at radius 2 is 1.96 bits per heavy atom. The van der Waals surface area contributed by atoms with Gasteiger partial charge in [-0.05, 0) is 54.5 Å². The smallest absolute Gasteiger partial charge is 0.254 e. The van der Waals surface area contributed by atoms with Gasteiger partial charge < -0.3 is 9.88 Å². The van der Waals surface area contributed by atoms with Gasteiger partial charge in [0.25, 0.3) is 5.91 Å². The summed E-state index contributed by atoms with van der Waals surface area (Å²) in [6, 6.07) is 12.2. The van der Waals surface area contributed by atoms with Crippen molar-refractivity contribution in [2.75, 3.05) is 13.1 Å². The summed E-state index contributed by atoms with van der Waals surface area (Å²) in [4.78, 5) is 17.6. The second kappa shape index (κ2) is 6.48. The SMILES string of the molecule is O=C(c1ccc(Br)cc1)N1CC=C(c2c[nH]c3ccc(F)cc23)CC1. The Bertz CT molecular complexity index is 975. The van der Waals surface area contributed by atoms with Crippen LogP contribution in [0.25, 0.3) is 16.5 Å². The normalized spacial score (nSPS) is 14.6. The third-order valence-corrected chi connectivity index (χ3v) is 5.11. The lowest BCUT2D eigenvalue weighted by Crippen LogP contribution is -2.34. The van der Waals surface area contributed by atoms with Crippen molar-refractivity contribution in [2.45, 2.75) is 6.42 Å². The minimum absolute atomic E-state index is 0.0350. The first-order valence-electron chi connectivity index (χ1n) is 8.13. The van der Waals surface area contributed by atoms with Gasteiger partial charge in [-0.1, -0.05) is 22.0 Å². The summed E-state index contributed by atoms with van der Waals surface area (Å²) in [7, 11) is 0. The molecule has 0 fully saturated rings. The van der Waals surface area contributed by atoms with Crippen LogP contribution in [0.2, 0.25) is 0 Å². The fraction of sp³-hybridized carbons (Fsp3) is 0.150. The van der Waals surface area contributed by atoms with Crippen LogP contribution in [-0.2, 0) is 0 Å². The number of aromatic amines is 1. The largest absolute Gasteiger partial charge is 0.361 e. The Labute approximate surface area is 153 Å². The van der Waals surface area contributed by atoms with E-state index < -0.39 is 0 Å². The van der Waals surface area contributed by atoms with E-state index >= 15 is 0 Å². The van der Waals surface area contributed by atoms with Crippen molar-refractivity contribution in [3.8, 4) is 0 Å². The fourth-order valence-electron chi connectivity index (χ4n) is 3.23. The van der Waals surface area contributed by atoms with Gasteiger partial charge in [-0.3, -0.25) is 4.79 Å². The number of nitrogens with zero attached hydrogens (tertiary/aromatic N) is 1. The summed E-state index contributed by atoms with van der Waals surface area (Å²) in [5.41, 5.74) is 3.78. The molecule has 0 saturated carbocycles. The van der Waals surface area contributed by atoms with Crippen LogP contribution >= 0.6 is 15.9 Å². The molecule has 1 aliphatic rings. The molecule has 5 heteroatoms. The van der Waals surface area contributed by atoms with Crippen molar-refractivity contribution in [1.29, 1.82) is 0 Å². The van der Waals surface area contributed by atoms with E-state index in [0.717, 1.165) is 32.9 Å². The second-order valence-electron chi connectivity index (χ2n) is 6.13. The van der Waals surface area contributed by atoms with Gasteiger partial charge in [-0.15, -0.1) is 0 Å². The molecule has 0 aliphatic carbocycles.